The summed E-state index contributed by atoms with van der Waals surface area (Å²) in [6, 6.07) is 8.12. The van der Waals surface area contributed by atoms with Gasteiger partial charge in [0, 0.05) is 12.2 Å². The Bertz CT molecular complexity index is 567. The summed E-state index contributed by atoms with van der Waals surface area (Å²) in [4.78, 5) is 12.1. The van der Waals surface area contributed by atoms with Gasteiger partial charge >= 0.3 is 0 Å². The van der Waals surface area contributed by atoms with Crippen LogP contribution in [0.5, 0.6) is 0 Å². The number of aryl methyl sites for hydroxylation is 2. The van der Waals surface area contributed by atoms with Crippen LogP contribution in [0.4, 0.5) is 0 Å². The maximum Gasteiger partial charge on any atom is 0.255 e. The van der Waals surface area contributed by atoms with E-state index in [4.69, 9.17) is 5.73 Å². The minimum atomic E-state index is -0.0974. The number of aromatic nitrogens is 2. The van der Waals surface area contributed by atoms with Crippen molar-refractivity contribution in [2.24, 2.45) is 5.73 Å². The first-order chi connectivity index (χ1) is 9.61. The first-order valence-electron chi connectivity index (χ1n) is 6.69. The zero-order valence-electron chi connectivity index (χ0n) is 11.9. The van der Waals surface area contributed by atoms with Gasteiger partial charge in [-0.15, -0.1) is 0 Å². The molecule has 0 unspecified atom stereocenters. The van der Waals surface area contributed by atoms with Gasteiger partial charge in [-0.25, -0.2) is 0 Å². The van der Waals surface area contributed by atoms with Crippen molar-refractivity contribution in [2.45, 2.75) is 26.8 Å². The van der Waals surface area contributed by atoms with Crippen molar-refractivity contribution in [1.82, 2.24) is 15.5 Å². The molecule has 0 saturated carbocycles. The van der Waals surface area contributed by atoms with Crippen molar-refractivity contribution in [3.63, 3.8) is 0 Å². The fraction of sp³-hybridized carbons (Fsp3) is 0.333. The molecule has 1 amide bonds. The number of benzene rings is 1. The van der Waals surface area contributed by atoms with Crippen LogP contribution in [0.25, 0.3) is 0 Å². The van der Waals surface area contributed by atoms with E-state index in [-0.39, 0.29) is 5.91 Å². The molecule has 0 spiro atoms. The number of aromatic amines is 1. The second kappa shape index (κ2) is 6.34. The van der Waals surface area contributed by atoms with Crippen molar-refractivity contribution >= 4 is 5.91 Å². The lowest BCUT2D eigenvalue weighted by atomic mass is 10.1. The van der Waals surface area contributed by atoms with Crippen LogP contribution in [0.3, 0.4) is 0 Å². The van der Waals surface area contributed by atoms with Gasteiger partial charge in [0.1, 0.15) is 0 Å². The number of carbonyl (C=O) groups is 1. The van der Waals surface area contributed by atoms with Gasteiger partial charge in [0.05, 0.1) is 11.3 Å². The number of rotatable bonds is 5. The molecule has 0 aliphatic carbocycles. The second-order valence-corrected chi connectivity index (χ2v) is 4.85. The smallest absolute Gasteiger partial charge is 0.255 e. The molecular formula is C15H20N4O. The molecule has 0 aliphatic heterocycles. The van der Waals surface area contributed by atoms with Gasteiger partial charge in [0.2, 0.25) is 0 Å². The van der Waals surface area contributed by atoms with E-state index in [2.05, 4.69) is 15.5 Å². The first-order valence-corrected chi connectivity index (χ1v) is 6.69. The summed E-state index contributed by atoms with van der Waals surface area (Å²) < 4.78 is 0. The molecule has 0 radical (unpaired) electrons. The van der Waals surface area contributed by atoms with Crippen molar-refractivity contribution in [1.29, 1.82) is 0 Å². The Hall–Kier alpha value is -2.14. The number of nitrogens with one attached hydrogen (secondary N) is 2. The Kier molecular flexibility index (Phi) is 4.53. The Morgan fingerprint density at radius 2 is 1.90 bits per heavy atom. The molecule has 1 aromatic carbocycles. The summed E-state index contributed by atoms with van der Waals surface area (Å²) >= 11 is 0. The third-order valence-corrected chi connectivity index (χ3v) is 3.26. The fourth-order valence-electron chi connectivity index (χ4n) is 2.15. The van der Waals surface area contributed by atoms with E-state index in [1.807, 2.05) is 38.1 Å². The van der Waals surface area contributed by atoms with Crippen molar-refractivity contribution in [3.05, 3.63) is 52.3 Å². The zero-order chi connectivity index (χ0) is 14.5. The highest BCUT2D eigenvalue weighted by molar-refractivity contribution is 5.96. The van der Waals surface area contributed by atoms with E-state index in [1.165, 1.54) is 5.56 Å². The van der Waals surface area contributed by atoms with Crippen LogP contribution in [0.1, 0.15) is 32.9 Å². The Morgan fingerprint density at radius 1 is 1.25 bits per heavy atom. The molecule has 20 heavy (non-hydrogen) atoms. The molecule has 2 rings (SSSR count). The maximum absolute atomic E-state index is 12.1. The quantitative estimate of drug-likeness (QED) is 0.770. The number of hydrogen-bond acceptors (Lipinski definition) is 3. The van der Waals surface area contributed by atoms with Crippen molar-refractivity contribution in [2.75, 3.05) is 6.54 Å². The number of carbonyl (C=O) groups excluding carboxylic acids is 1. The number of nitrogens with two attached hydrogens (primary N) is 1. The van der Waals surface area contributed by atoms with Crippen LogP contribution in [0, 0.1) is 13.8 Å². The summed E-state index contributed by atoms with van der Waals surface area (Å²) in [6.45, 7) is 4.82. The highest BCUT2D eigenvalue weighted by Crippen LogP contribution is 2.10. The molecule has 0 atom stereocenters. The van der Waals surface area contributed by atoms with Gasteiger partial charge in [-0.1, -0.05) is 24.3 Å². The van der Waals surface area contributed by atoms with Crippen molar-refractivity contribution < 1.29 is 4.79 Å². The lowest BCUT2D eigenvalue weighted by Gasteiger charge is -2.06. The summed E-state index contributed by atoms with van der Waals surface area (Å²) in [7, 11) is 0. The first kappa shape index (κ1) is 14.3. The molecular weight excluding hydrogens is 252 g/mol. The van der Waals surface area contributed by atoms with Crippen LogP contribution in [-0.2, 0) is 13.0 Å². The Labute approximate surface area is 118 Å². The van der Waals surface area contributed by atoms with Gasteiger partial charge < -0.3 is 11.1 Å². The van der Waals surface area contributed by atoms with E-state index in [0.717, 1.165) is 23.4 Å². The largest absolute Gasteiger partial charge is 0.348 e. The molecule has 106 valence electrons. The van der Waals surface area contributed by atoms with E-state index in [1.54, 1.807) is 0 Å². The minimum Gasteiger partial charge on any atom is -0.348 e. The van der Waals surface area contributed by atoms with E-state index in [0.29, 0.717) is 18.7 Å². The fourth-order valence-corrected chi connectivity index (χ4v) is 2.15. The number of amides is 1. The lowest BCUT2D eigenvalue weighted by Crippen LogP contribution is -2.23. The van der Waals surface area contributed by atoms with Gasteiger partial charge in [-0.05, 0) is 37.9 Å². The monoisotopic (exact) mass is 272 g/mol. The summed E-state index contributed by atoms with van der Waals surface area (Å²) in [5.41, 5.74) is 9.93. The average Bonchev–Trinajstić information content (AvgIpc) is 2.77. The lowest BCUT2D eigenvalue weighted by molar-refractivity contribution is 0.0950. The molecule has 0 saturated heterocycles. The number of hydrogen-bond donors (Lipinski definition) is 3. The predicted octanol–water partition coefficient (Wildman–Crippen LogP) is 1.46. The summed E-state index contributed by atoms with van der Waals surface area (Å²) in [5.74, 6) is -0.0974. The van der Waals surface area contributed by atoms with Crippen LogP contribution in [0.2, 0.25) is 0 Å². The van der Waals surface area contributed by atoms with Crippen molar-refractivity contribution in [3.8, 4) is 0 Å². The van der Waals surface area contributed by atoms with E-state index in [9.17, 15) is 4.79 Å². The number of nitrogens with zero attached hydrogens (tertiary/aromatic N) is 1. The van der Waals surface area contributed by atoms with Gasteiger partial charge in [0.25, 0.3) is 5.91 Å². The highest BCUT2D eigenvalue weighted by Gasteiger charge is 2.14. The van der Waals surface area contributed by atoms with Crippen LogP contribution in [-0.4, -0.2) is 22.6 Å². The molecule has 5 nitrogen and oxygen atoms in total. The third kappa shape index (κ3) is 3.24. The van der Waals surface area contributed by atoms with Gasteiger partial charge in [-0.3, -0.25) is 9.89 Å². The topological polar surface area (TPSA) is 83.8 Å². The standard InChI is InChI=1S/C15H20N4O/c1-10-14(11(2)19-18-10)15(20)17-9-13-5-3-12(4-6-13)7-8-16/h3-6H,7-9,16H2,1-2H3,(H,17,20)(H,18,19). The summed E-state index contributed by atoms with van der Waals surface area (Å²) in [5, 5.41) is 9.75. The zero-order valence-corrected chi connectivity index (χ0v) is 11.9. The SMILES string of the molecule is Cc1n[nH]c(C)c1C(=O)NCc1ccc(CCN)cc1. The Balaban J connectivity index is 1.96. The molecule has 1 aromatic heterocycles. The molecule has 0 fully saturated rings. The molecule has 1 heterocycles. The van der Waals surface area contributed by atoms with Crippen LogP contribution >= 0.6 is 0 Å². The van der Waals surface area contributed by atoms with Gasteiger partial charge in [-0.2, -0.15) is 5.10 Å². The Morgan fingerprint density at radius 3 is 2.45 bits per heavy atom. The van der Waals surface area contributed by atoms with E-state index >= 15 is 0 Å². The van der Waals surface area contributed by atoms with Crippen LogP contribution in [0.15, 0.2) is 24.3 Å². The predicted molar refractivity (Wildman–Crippen MR) is 78.4 cm³/mol. The average molecular weight is 272 g/mol. The normalized spacial score (nSPS) is 10.6. The number of H-pyrrole nitrogens is 1. The van der Waals surface area contributed by atoms with E-state index < -0.39 is 0 Å². The molecule has 4 N–H and O–H groups in total. The molecule has 5 heteroatoms. The minimum absolute atomic E-state index is 0.0974. The maximum atomic E-state index is 12.1. The molecule has 0 bridgehead atoms. The third-order valence-electron chi connectivity index (χ3n) is 3.26. The van der Waals surface area contributed by atoms with Crippen LogP contribution < -0.4 is 11.1 Å². The highest BCUT2D eigenvalue weighted by atomic mass is 16.1. The second-order valence-electron chi connectivity index (χ2n) is 4.85. The molecule has 2 aromatic rings. The summed E-state index contributed by atoms with van der Waals surface area (Å²) in [6.07, 6.45) is 0.875. The molecule has 0 aliphatic rings. The van der Waals surface area contributed by atoms with Gasteiger partial charge in [0.15, 0.2) is 0 Å².